The predicted octanol–water partition coefficient (Wildman–Crippen LogP) is 1.35. The third-order valence-corrected chi connectivity index (χ3v) is 2.55. The Bertz CT molecular complexity index is 275. The average molecular weight is 247 g/mol. The average Bonchev–Trinajstić information content (AvgIpc) is 2.70. The van der Waals surface area contributed by atoms with Crippen molar-refractivity contribution >= 4 is 15.9 Å². The third-order valence-electron chi connectivity index (χ3n) is 2.01. The van der Waals surface area contributed by atoms with Gasteiger partial charge in [-0.2, -0.15) is 5.10 Å². The maximum absolute atomic E-state index is 5.71. The summed E-state index contributed by atoms with van der Waals surface area (Å²) in [7, 11) is 1.86. The molecule has 2 heterocycles. The van der Waals surface area contributed by atoms with Gasteiger partial charge in [-0.1, -0.05) is 0 Å². The summed E-state index contributed by atoms with van der Waals surface area (Å²) in [5, 5.41) is 4.06. The van der Waals surface area contributed by atoms with E-state index in [1.165, 1.54) is 0 Å². The molecule has 1 aliphatic heterocycles. The molecular weight excluding hydrogens is 236 g/mol. The summed E-state index contributed by atoms with van der Waals surface area (Å²) in [6.45, 7) is 1.47. The molecule has 4 nitrogen and oxygen atoms in total. The van der Waals surface area contributed by atoms with Crippen molar-refractivity contribution in [3.63, 3.8) is 0 Å². The first-order chi connectivity index (χ1) is 6.27. The highest BCUT2D eigenvalue weighted by Gasteiger charge is 2.19. The summed E-state index contributed by atoms with van der Waals surface area (Å²) in [4.78, 5) is 0. The Hall–Kier alpha value is -0.550. The van der Waals surface area contributed by atoms with Gasteiger partial charge in [-0.15, -0.1) is 0 Å². The molecule has 13 heavy (non-hydrogen) atoms. The largest absolute Gasteiger partial charge is 0.471 e. The minimum absolute atomic E-state index is 0.173. The number of hydrogen-bond acceptors (Lipinski definition) is 3. The Morgan fingerprint density at radius 1 is 1.77 bits per heavy atom. The van der Waals surface area contributed by atoms with Crippen LogP contribution in [0.15, 0.2) is 10.7 Å². The highest BCUT2D eigenvalue weighted by atomic mass is 79.9. The maximum atomic E-state index is 5.71. The molecule has 0 radical (unpaired) electrons. The number of aromatic nitrogens is 2. The van der Waals surface area contributed by atoms with E-state index in [2.05, 4.69) is 21.0 Å². The summed E-state index contributed by atoms with van der Waals surface area (Å²) < 4.78 is 13.5. The van der Waals surface area contributed by atoms with Crippen molar-refractivity contribution < 1.29 is 9.47 Å². The number of halogens is 1. The van der Waals surface area contributed by atoms with E-state index in [1.807, 2.05) is 7.05 Å². The van der Waals surface area contributed by atoms with Crippen LogP contribution in [0.25, 0.3) is 0 Å². The van der Waals surface area contributed by atoms with Crippen LogP contribution in [0.5, 0.6) is 5.88 Å². The van der Waals surface area contributed by atoms with E-state index in [0.29, 0.717) is 6.61 Å². The molecule has 1 aliphatic rings. The number of aryl methyl sites for hydroxylation is 1. The smallest absolute Gasteiger partial charge is 0.226 e. The number of rotatable bonds is 2. The first-order valence-electron chi connectivity index (χ1n) is 4.19. The van der Waals surface area contributed by atoms with Crippen LogP contribution >= 0.6 is 15.9 Å². The fraction of sp³-hybridized carbons (Fsp3) is 0.625. The summed E-state index contributed by atoms with van der Waals surface area (Å²) >= 11 is 3.38. The van der Waals surface area contributed by atoms with Gasteiger partial charge < -0.3 is 9.47 Å². The predicted molar refractivity (Wildman–Crippen MR) is 50.8 cm³/mol. The lowest BCUT2D eigenvalue weighted by atomic mass is 10.3. The van der Waals surface area contributed by atoms with Crippen molar-refractivity contribution in [2.24, 2.45) is 7.05 Å². The summed E-state index contributed by atoms with van der Waals surface area (Å²) in [5.41, 5.74) is 0. The Kier molecular flexibility index (Phi) is 2.55. The van der Waals surface area contributed by atoms with Gasteiger partial charge in [0.1, 0.15) is 6.10 Å². The second-order valence-corrected chi connectivity index (χ2v) is 3.88. The van der Waals surface area contributed by atoms with Crippen molar-refractivity contribution in [2.75, 3.05) is 13.2 Å². The summed E-state index contributed by atoms with van der Waals surface area (Å²) in [6, 6.07) is 0. The number of ether oxygens (including phenoxy) is 2. The first kappa shape index (κ1) is 9.02. The molecule has 0 N–H and O–H groups in total. The van der Waals surface area contributed by atoms with Crippen LogP contribution in [0.1, 0.15) is 6.42 Å². The van der Waals surface area contributed by atoms with Crippen LogP contribution in [-0.2, 0) is 11.8 Å². The Morgan fingerprint density at radius 2 is 2.62 bits per heavy atom. The Labute approximate surface area is 85.0 Å². The van der Waals surface area contributed by atoms with Gasteiger partial charge in [-0.05, 0) is 15.9 Å². The van der Waals surface area contributed by atoms with Crippen LogP contribution in [0.3, 0.4) is 0 Å². The van der Waals surface area contributed by atoms with Crippen LogP contribution in [0.2, 0.25) is 0 Å². The molecular formula is C8H11BrN2O2. The molecule has 1 aromatic rings. The lowest BCUT2D eigenvalue weighted by molar-refractivity contribution is 0.134. The standard InChI is InChI=1S/C8H11BrN2O2/c1-11-8(7(9)4-10-11)13-6-2-3-12-5-6/h4,6H,2-3,5H2,1H3/t6-/m1/s1. The lowest BCUT2D eigenvalue weighted by Gasteiger charge is -2.11. The molecule has 0 amide bonds. The maximum Gasteiger partial charge on any atom is 0.226 e. The quantitative estimate of drug-likeness (QED) is 0.791. The van der Waals surface area contributed by atoms with Gasteiger partial charge in [0.05, 0.1) is 23.9 Å². The number of nitrogens with zero attached hydrogens (tertiary/aromatic N) is 2. The minimum Gasteiger partial charge on any atom is -0.471 e. The molecule has 0 aromatic carbocycles. The van der Waals surface area contributed by atoms with Crippen LogP contribution in [0.4, 0.5) is 0 Å². The number of hydrogen-bond donors (Lipinski definition) is 0. The molecule has 0 aliphatic carbocycles. The second kappa shape index (κ2) is 3.67. The van der Waals surface area contributed by atoms with E-state index < -0.39 is 0 Å². The zero-order chi connectivity index (χ0) is 9.26. The van der Waals surface area contributed by atoms with Gasteiger partial charge in [0.2, 0.25) is 5.88 Å². The molecule has 0 unspecified atom stereocenters. The fourth-order valence-corrected chi connectivity index (χ4v) is 1.74. The highest BCUT2D eigenvalue weighted by molar-refractivity contribution is 9.10. The van der Waals surface area contributed by atoms with Gasteiger partial charge in [0.15, 0.2) is 0 Å². The van der Waals surface area contributed by atoms with Crippen molar-refractivity contribution in [1.29, 1.82) is 0 Å². The molecule has 2 rings (SSSR count). The molecule has 1 saturated heterocycles. The lowest BCUT2D eigenvalue weighted by Crippen LogP contribution is -2.17. The fourth-order valence-electron chi connectivity index (χ4n) is 1.30. The van der Waals surface area contributed by atoms with Gasteiger partial charge >= 0.3 is 0 Å². The zero-order valence-corrected chi connectivity index (χ0v) is 8.95. The first-order valence-corrected chi connectivity index (χ1v) is 4.98. The SMILES string of the molecule is Cn1ncc(Br)c1O[C@@H]1CCOC1. The van der Waals surface area contributed by atoms with Gasteiger partial charge in [0.25, 0.3) is 0 Å². The van der Waals surface area contributed by atoms with Crippen LogP contribution in [0, 0.1) is 0 Å². The highest BCUT2D eigenvalue weighted by Crippen LogP contribution is 2.25. The molecule has 0 spiro atoms. The van der Waals surface area contributed by atoms with Crippen LogP contribution in [-0.4, -0.2) is 29.1 Å². The minimum atomic E-state index is 0.173. The molecule has 1 aromatic heterocycles. The van der Waals surface area contributed by atoms with E-state index in [4.69, 9.17) is 9.47 Å². The van der Waals surface area contributed by atoms with Crippen LogP contribution < -0.4 is 4.74 Å². The molecule has 1 atom stereocenters. The Balaban J connectivity index is 2.07. The van der Waals surface area contributed by atoms with Gasteiger partial charge in [-0.25, -0.2) is 4.68 Å². The van der Waals surface area contributed by atoms with Crippen molar-refractivity contribution in [2.45, 2.75) is 12.5 Å². The van der Waals surface area contributed by atoms with Gasteiger partial charge in [0, 0.05) is 13.5 Å². The topological polar surface area (TPSA) is 36.3 Å². The molecule has 5 heteroatoms. The Morgan fingerprint density at radius 3 is 3.15 bits per heavy atom. The molecule has 72 valence electrons. The van der Waals surface area contributed by atoms with E-state index >= 15 is 0 Å². The van der Waals surface area contributed by atoms with E-state index in [-0.39, 0.29) is 6.10 Å². The van der Waals surface area contributed by atoms with E-state index in [1.54, 1.807) is 10.9 Å². The van der Waals surface area contributed by atoms with Crippen molar-refractivity contribution in [1.82, 2.24) is 9.78 Å². The van der Waals surface area contributed by atoms with E-state index in [9.17, 15) is 0 Å². The van der Waals surface area contributed by atoms with E-state index in [0.717, 1.165) is 23.4 Å². The molecule has 0 bridgehead atoms. The zero-order valence-electron chi connectivity index (χ0n) is 7.36. The van der Waals surface area contributed by atoms with Gasteiger partial charge in [-0.3, -0.25) is 0 Å². The van der Waals surface area contributed by atoms with Crippen molar-refractivity contribution in [3.05, 3.63) is 10.7 Å². The van der Waals surface area contributed by atoms with Crippen molar-refractivity contribution in [3.8, 4) is 5.88 Å². The summed E-state index contributed by atoms with van der Waals surface area (Å²) in [6.07, 6.45) is 2.86. The second-order valence-electron chi connectivity index (χ2n) is 3.02. The molecule has 0 saturated carbocycles. The monoisotopic (exact) mass is 246 g/mol. The molecule has 1 fully saturated rings. The normalized spacial score (nSPS) is 22.2. The third kappa shape index (κ3) is 1.86. The summed E-state index contributed by atoms with van der Waals surface area (Å²) in [5.74, 6) is 0.774.